The fourth-order valence-electron chi connectivity index (χ4n) is 3.94. The second-order valence-electron chi connectivity index (χ2n) is 9.56. The van der Waals surface area contributed by atoms with Crippen LogP contribution in [0.15, 0.2) is 54.6 Å². The van der Waals surface area contributed by atoms with E-state index in [0.717, 1.165) is 16.8 Å². The third kappa shape index (κ3) is 4.78. The number of amides is 1. The molecule has 0 aliphatic carbocycles. The summed E-state index contributed by atoms with van der Waals surface area (Å²) in [7, 11) is -3.09. The molecule has 0 spiro atoms. The van der Waals surface area contributed by atoms with Crippen molar-refractivity contribution in [2.45, 2.75) is 45.6 Å². The Balaban J connectivity index is 1.64. The summed E-state index contributed by atoms with van der Waals surface area (Å²) in [6.45, 7) is 8.43. The first-order chi connectivity index (χ1) is 15.0. The van der Waals surface area contributed by atoms with Gasteiger partial charge in [0.25, 0.3) is 5.91 Å². The van der Waals surface area contributed by atoms with E-state index in [-0.39, 0.29) is 34.6 Å². The first-order valence-corrected chi connectivity index (χ1v) is 12.6. The lowest BCUT2D eigenvalue weighted by molar-refractivity contribution is 0.102. The topological polar surface area (TPSA) is 81.1 Å². The average Bonchev–Trinajstić information content (AvgIpc) is 3.32. The van der Waals surface area contributed by atoms with E-state index in [0.29, 0.717) is 12.1 Å². The highest BCUT2D eigenvalue weighted by Crippen LogP contribution is 2.31. The van der Waals surface area contributed by atoms with Crippen LogP contribution in [-0.2, 0) is 15.3 Å². The molecule has 0 unspecified atom stereocenters. The number of hydrogen-bond acceptors (Lipinski definition) is 4. The van der Waals surface area contributed by atoms with Gasteiger partial charge in [-0.15, -0.1) is 0 Å². The predicted molar refractivity (Wildman–Crippen MR) is 128 cm³/mol. The summed E-state index contributed by atoms with van der Waals surface area (Å²) in [5, 5.41) is 7.46. The Hall–Kier alpha value is -2.93. The summed E-state index contributed by atoms with van der Waals surface area (Å²) in [4.78, 5) is 13.0. The number of nitrogens with zero attached hydrogens (tertiary/aromatic N) is 2. The van der Waals surface area contributed by atoms with E-state index in [4.69, 9.17) is 0 Å². The third-order valence-corrected chi connectivity index (χ3v) is 7.63. The third-order valence-electron chi connectivity index (χ3n) is 5.88. The SMILES string of the molecule is Cc1ccc(-c2cc(C(=O)Nc3ccc(C(C)(C)C)cc3)nn2[C@@H]2CCS(=O)(=O)C2)cc1. The zero-order chi connectivity index (χ0) is 23.1. The number of aromatic nitrogens is 2. The number of rotatable bonds is 4. The quantitative estimate of drug-likeness (QED) is 0.620. The van der Waals surface area contributed by atoms with Crippen LogP contribution >= 0.6 is 0 Å². The van der Waals surface area contributed by atoms with E-state index < -0.39 is 9.84 Å². The predicted octanol–water partition coefficient (Wildman–Crippen LogP) is 4.77. The van der Waals surface area contributed by atoms with Gasteiger partial charge < -0.3 is 5.32 Å². The van der Waals surface area contributed by atoms with Crippen molar-refractivity contribution in [2.75, 3.05) is 16.8 Å². The second-order valence-corrected chi connectivity index (χ2v) is 11.8. The molecule has 168 valence electrons. The van der Waals surface area contributed by atoms with E-state index in [1.165, 1.54) is 5.56 Å². The monoisotopic (exact) mass is 451 g/mol. The summed E-state index contributed by atoms with van der Waals surface area (Å²) in [5.41, 5.74) is 4.96. The van der Waals surface area contributed by atoms with Crippen molar-refractivity contribution >= 4 is 21.4 Å². The number of hydrogen-bond donors (Lipinski definition) is 1. The molecule has 1 amide bonds. The van der Waals surface area contributed by atoms with Crippen molar-refractivity contribution in [2.24, 2.45) is 0 Å². The Kier molecular flexibility index (Phi) is 5.71. The van der Waals surface area contributed by atoms with E-state index in [1.54, 1.807) is 10.7 Å². The minimum atomic E-state index is -3.09. The van der Waals surface area contributed by atoms with Gasteiger partial charge >= 0.3 is 0 Å². The van der Waals surface area contributed by atoms with Gasteiger partial charge in [0.15, 0.2) is 15.5 Å². The highest BCUT2D eigenvalue weighted by Gasteiger charge is 2.32. The molecule has 1 aliphatic rings. The molecule has 1 N–H and O–H groups in total. The van der Waals surface area contributed by atoms with Gasteiger partial charge in [-0.1, -0.05) is 62.7 Å². The smallest absolute Gasteiger partial charge is 0.276 e. The van der Waals surface area contributed by atoms with Crippen LogP contribution in [0.4, 0.5) is 5.69 Å². The summed E-state index contributed by atoms with van der Waals surface area (Å²) < 4.78 is 25.8. The summed E-state index contributed by atoms with van der Waals surface area (Å²) in [6, 6.07) is 17.2. The fourth-order valence-corrected chi connectivity index (χ4v) is 5.63. The molecule has 1 aliphatic heterocycles. The van der Waals surface area contributed by atoms with E-state index >= 15 is 0 Å². The van der Waals surface area contributed by atoms with Crippen molar-refractivity contribution in [3.05, 3.63) is 71.4 Å². The summed E-state index contributed by atoms with van der Waals surface area (Å²) >= 11 is 0. The molecule has 4 rings (SSSR count). The van der Waals surface area contributed by atoms with Gasteiger partial charge in [0, 0.05) is 5.69 Å². The first-order valence-electron chi connectivity index (χ1n) is 10.8. The molecule has 6 nitrogen and oxygen atoms in total. The summed E-state index contributed by atoms with van der Waals surface area (Å²) in [5.74, 6) is -0.128. The molecular formula is C25H29N3O3S. The van der Waals surface area contributed by atoms with Gasteiger partial charge in [0.1, 0.15) is 0 Å². The molecule has 1 fully saturated rings. The maximum atomic E-state index is 13.0. The standard InChI is InChI=1S/C25H29N3O3S/c1-17-5-7-18(8-6-17)23-15-22(27-28(23)21-13-14-32(30,31)16-21)24(29)26-20-11-9-19(10-12-20)25(2,3)4/h5-12,15,21H,13-14,16H2,1-4H3,(H,26,29)/t21-/m1/s1. The Morgan fingerprint density at radius 2 is 1.72 bits per heavy atom. The van der Waals surface area contributed by atoms with Crippen LogP contribution < -0.4 is 5.32 Å². The van der Waals surface area contributed by atoms with E-state index in [2.05, 4.69) is 31.2 Å². The van der Waals surface area contributed by atoms with Crippen LogP contribution in [0.3, 0.4) is 0 Å². The Bertz CT molecular complexity index is 1240. The summed E-state index contributed by atoms with van der Waals surface area (Å²) in [6.07, 6.45) is 0.498. The molecule has 0 bridgehead atoms. The molecule has 2 heterocycles. The van der Waals surface area contributed by atoms with Crippen LogP contribution in [0, 0.1) is 6.92 Å². The highest BCUT2D eigenvalue weighted by molar-refractivity contribution is 7.91. The number of nitrogens with one attached hydrogen (secondary N) is 1. The Morgan fingerprint density at radius 1 is 1.06 bits per heavy atom. The highest BCUT2D eigenvalue weighted by atomic mass is 32.2. The Labute approximate surface area is 189 Å². The minimum Gasteiger partial charge on any atom is -0.321 e. The van der Waals surface area contributed by atoms with Gasteiger partial charge in [-0.05, 0) is 48.1 Å². The molecule has 1 aromatic heterocycles. The number of aryl methyl sites for hydroxylation is 1. The molecule has 32 heavy (non-hydrogen) atoms. The second kappa shape index (κ2) is 8.20. The Morgan fingerprint density at radius 3 is 2.28 bits per heavy atom. The van der Waals surface area contributed by atoms with Gasteiger partial charge in [-0.25, -0.2) is 8.42 Å². The molecule has 1 atom stereocenters. The largest absolute Gasteiger partial charge is 0.321 e. The maximum Gasteiger partial charge on any atom is 0.276 e. The first kappa shape index (κ1) is 22.3. The molecule has 2 aromatic carbocycles. The molecule has 0 radical (unpaired) electrons. The maximum absolute atomic E-state index is 13.0. The number of benzene rings is 2. The van der Waals surface area contributed by atoms with Crippen LogP contribution in [-0.4, -0.2) is 35.6 Å². The van der Waals surface area contributed by atoms with Crippen LogP contribution in [0.1, 0.15) is 54.8 Å². The van der Waals surface area contributed by atoms with Gasteiger partial charge in [-0.3, -0.25) is 9.48 Å². The number of anilines is 1. The van der Waals surface area contributed by atoms with Crippen molar-refractivity contribution in [3.8, 4) is 11.3 Å². The zero-order valence-electron chi connectivity index (χ0n) is 18.9. The minimum absolute atomic E-state index is 0.0336. The lowest BCUT2D eigenvalue weighted by Gasteiger charge is -2.19. The lowest BCUT2D eigenvalue weighted by atomic mass is 9.87. The average molecular weight is 452 g/mol. The van der Waals surface area contributed by atoms with Gasteiger partial charge in [0.2, 0.25) is 0 Å². The van der Waals surface area contributed by atoms with E-state index in [9.17, 15) is 13.2 Å². The molecule has 1 saturated heterocycles. The van der Waals surface area contributed by atoms with Crippen molar-refractivity contribution < 1.29 is 13.2 Å². The van der Waals surface area contributed by atoms with Crippen molar-refractivity contribution in [3.63, 3.8) is 0 Å². The lowest BCUT2D eigenvalue weighted by Crippen LogP contribution is -2.17. The van der Waals surface area contributed by atoms with Crippen LogP contribution in [0.5, 0.6) is 0 Å². The van der Waals surface area contributed by atoms with E-state index in [1.807, 2.05) is 55.5 Å². The van der Waals surface area contributed by atoms with Crippen LogP contribution in [0.2, 0.25) is 0 Å². The number of carbonyl (C=O) groups excluding carboxylic acids is 1. The molecule has 0 saturated carbocycles. The normalized spacial score (nSPS) is 17.9. The number of carbonyl (C=O) groups is 1. The van der Waals surface area contributed by atoms with Gasteiger partial charge in [-0.2, -0.15) is 5.10 Å². The fraction of sp³-hybridized carbons (Fsp3) is 0.360. The molecule has 3 aromatic rings. The van der Waals surface area contributed by atoms with Crippen molar-refractivity contribution in [1.29, 1.82) is 0 Å². The van der Waals surface area contributed by atoms with Crippen LogP contribution in [0.25, 0.3) is 11.3 Å². The zero-order valence-corrected chi connectivity index (χ0v) is 19.7. The number of sulfone groups is 1. The molecular weight excluding hydrogens is 422 g/mol. The van der Waals surface area contributed by atoms with Crippen molar-refractivity contribution in [1.82, 2.24) is 9.78 Å². The molecule has 7 heteroatoms. The van der Waals surface area contributed by atoms with Gasteiger partial charge in [0.05, 0.1) is 23.2 Å².